The minimum atomic E-state index is -2.30. The highest BCUT2D eigenvalue weighted by molar-refractivity contribution is 6.05. The van der Waals surface area contributed by atoms with Gasteiger partial charge in [-0.2, -0.15) is 5.11 Å². The molecule has 4 rings (SSSR count). The van der Waals surface area contributed by atoms with Crippen LogP contribution in [0.25, 0.3) is 0 Å². The van der Waals surface area contributed by atoms with Crippen molar-refractivity contribution in [1.82, 2.24) is 0 Å². The molecule has 1 radical (unpaired) electrons. The molecule has 0 amide bonds. The average Bonchev–Trinajstić information content (AvgIpc) is 3.08. The summed E-state index contributed by atoms with van der Waals surface area (Å²) < 4.78 is 28.6. The molecule has 37 heavy (non-hydrogen) atoms. The molecule has 4 aliphatic rings. The molecule has 9 heteroatoms. The van der Waals surface area contributed by atoms with Crippen molar-refractivity contribution in [3.05, 3.63) is 23.0 Å². The number of carboxylic acid groups (broad SMARTS) is 1. The third-order valence-corrected chi connectivity index (χ3v) is 10.4. The smallest absolute Gasteiger partial charge is 0.310 e. The molecule has 4 aliphatic carbocycles. The maximum Gasteiger partial charge on any atom is 0.310 e. The Morgan fingerprint density at radius 1 is 1.24 bits per heavy atom. The van der Waals surface area contributed by atoms with E-state index in [0.29, 0.717) is 44.1 Å². The second kappa shape index (κ2) is 9.19. The summed E-state index contributed by atoms with van der Waals surface area (Å²) in [6.07, 6.45) is 1.32. The van der Waals surface area contributed by atoms with Gasteiger partial charge in [0.15, 0.2) is 11.4 Å². The van der Waals surface area contributed by atoms with Gasteiger partial charge >= 0.3 is 11.9 Å². The summed E-state index contributed by atoms with van der Waals surface area (Å²) in [5, 5.41) is 33.6. The number of allylic oxidation sites excluding steroid dienone is 2. The Balaban J connectivity index is 1.91. The third-order valence-electron chi connectivity index (χ3n) is 10.4. The van der Waals surface area contributed by atoms with Crippen LogP contribution in [0.15, 0.2) is 23.0 Å². The highest BCUT2D eigenvalue weighted by atomic mass is 19.1. The molecule has 0 saturated heterocycles. The zero-order valence-corrected chi connectivity index (χ0v) is 22.3. The van der Waals surface area contributed by atoms with Crippen LogP contribution in [-0.4, -0.2) is 52.6 Å². The van der Waals surface area contributed by atoms with E-state index in [2.05, 4.69) is 0 Å². The molecule has 0 bridgehead atoms. The van der Waals surface area contributed by atoms with Crippen molar-refractivity contribution in [2.75, 3.05) is 6.79 Å². The van der Waals surface area contributed by atoms with Gasteiger partial charge in [-0.15, -0.1) is 0 Å². The van der Waals surface area contributed by atoms with Gasteiger partial charge in [-0.25, -0.2) is 4.39 Å². The molecule has 3 fully saturated rings. The zero-order valence-electron chi connectivity index (χ0n) is 22.3. The molecule has 8 nitrogen and oxygen atoms in total. The van der Waals surface area contributed by atoms with E-state index in [0.717, 1.165) is 0 Å². The number of carboxylic acids is 1. The normalized spacial score (nSPS) is 41.8. The van der Waals surface area contributed by atoms with Gasteiger partial charge in [0.05, 0.1) is 16.9 Å². The number of aliphatic hydroxyl groups excluding tert-OH is 1. The SMILES string of the molecule is CCC[C@]1(C(=O)O)CCC2C3CCC4=CC(=O)C(OC[O])=C(C(C)OC(C)=O)[C@]4(C)[C@@]3(F)[C@@H](O)C[C@@]21C. The lowest BCUT2D eigenvalue weighted by Gasteiger charge is -2.64. The Labute approximate surface area is 216 Å². The standard InChI is InChI=1S/C28H38FO8/c1-6-10-27(24(34)35)11-9-18-19-8-7-17-12-20(32)23(36-14-30)22(15(2)37-16(3)31)26(17,5)28(19,29)21(33)13-25(18,27)4/h12,15,18-19,21,33H,6-11,13-14H2,1-5H3,(H,34,35)/t15?,18?,19?,21-,25-,26+,27+,28-/m0/s1. The van der Waals surface area contributed by atoms with Gasteiger partial charge in [0.2, 0.25) is 12.6 Å². The fourth-order valence-corrected chi connectivity index (χ4v) is 8.95. The molecule has 0 aromatic heterocycles. The lowest BCUT2D eigenvalue weighted by molar-refractivity contribution is -0.215. The highest BCUT2D eigenvalue weighted by Gasteiger charge is 2.75. The molecular weight excluding hydrogens is 483 g/mol. The van der Waals surface area contributed by atoms with Gasteiger partial charge < -0.3 is 19.7 Å². The number of halogens is 1. The Bertz CT molecular complexity index is 1070. The first-order valence-corrected chi connectivity index (χ1v) is 13.2. The average molecular weight is 522 g/mol. The van der Waals surface area contributed by atoms with Gasteiger partial charge in [-0.05, 0) is 69.8 Å². The molecule has 0 aromatic rings. The van der Waals surface area contributed by atoms with Crippen LogP contribution < -0.4 is 0 Å². The third kappa shape index (κ3) is 3.49. The number of ketones is 1. The number of hydrogen-bond donors (Lipinski definition) is 2. The summed E-state index contributed by atoms with van der Waals surface area (Å²) in [7, 11) is 0. The van der Waals surface area contributed by atoms with Crippen LogP contribution in [0.5, 0.6) is 0 Å². The number of carbonyl (C=O) groups is 3. The van der Waals surface area contributed by atoms with E-state index in [9.17, 15) is 29.7 Å². The van der Waals surface area contributed by atoms with E-state index in [1.165, 1.54) is 19.9 Å². The van der Waals surface area contributed by atoms with Gasteiger partial charge in [0, 0.05) is 18.4 Å². The number of aliphatic carboxylic acids is 1. The Morgan fingerprint density at radius 2 is 1.92 bits per heavy atom. The van der Waals surface area contributed by atoms with E-state index in [4.69, 9.17) is 9.47 Å². The lowest BCUT2D eigenvalue weighted by Crippen LogP contribution is -2.69. The number of esters is 1. The molecular formula is C28H38FO8. The molecule has 0 aliphatic heterocycles. The number of rotatable bonds is 7. The maximum absolute atomic E-state index is 18.0. The Kier molecular flexibility index (Phi) is 6.89. The fourth-order valence-electron chi connectivity index (χ4n) is 8.95. The van der Waals surface area contributed by atoms with Crippen molar-refractivity contribution in [2.24, 2.45) is 28.1 Å². The van der Waals surface area contributed by atoms with Crippen LogP contribution >= 0.6 is 0 Å². The summed E-state index contributed by atoms with van der Waals surface area (Å²) in [6.45, 7) is 7.04. The Morgan fingerprint density at radius 3 is 2.49 bits per heavy atom. The number of ether oxygens (including phenoxy) is 2. The lowest BCUT2D eigenvalue weighted by atomic mass is 9.42. The highest BCUT2D eigenvalue weighted by Crippen LogP contribution is 2.73. The van der Waals surface area contributed by atoms with E-state index in [1.807, 2.05) is 13.8 Å². The van der Waals surface area contributed by atoms with Crippen LogP contribution in [0.2, 0.25) is 0 Å². The first-order valence-electron chi connectivity index (χ1n) is 13.2. The van der Waals surface area contributed by atoms with Gasteiger partial charge in [0.1, 0.15) is 6.10 Å². The fraction of sp³-hybridized carbons (Fsp3) is 0.750. The molecule has 3 unspecified atom stereocenters. The molecule has 8 atom stereocenters. The topological polar surface area (TPSA) is 130 Å². The first kappa shape index (κ1) is 27.8. The number of aliphatic hydroxyl groups is 1. The molecule has 3 saturated carbocycles. The van der Waals surface area contributed by atoms with Crippen molar-refractivity contribution in [1.29, 1.82) is 0 Å². The molecule has 0 spiro atoms. The van der Waals surface area contributed by atoms with E-state index < -0.39 is 64.6 Å². The van der Waals surface area contributed by atoms with E-state index >= 15 is 4.39 Å². The predicted octanol–water partition coefficient (Wildman–Crippen LogP) is 4.28. The summed E-state index contributed by atoms with van der Waals surface area (Å²) in [5.74, 6) is -3.50. The summed E-state index contributed by atoms with van der Waals surface area (Å²) in [5.41, 5.74) is -5.27. The Hall–Kier alpha value is -2.26. The van der Waals surface area contributed by atoms with Crippen molar-refractivity contribution in [2.45, 2.75) is 97.4 Å². The zero-order chi connectivity index (χ0) is 27.6. The van der Waals surface area contributed by atoms with Crippen molar-refractivity contribution in [3.63, 3.8) is 0 Å². The van der Waals surface area contributed by atoms with Crippen LogP contribution in [0.4, 0.5) is 4.39 Å². The molecule has 0 heterocycles. The molecule has 0 aromatic carbocycles. The van der Waals surface area contributed by atoms with Crippen molar-refractivity contribution >= 4 is 17.7 Å². The monoisotopic (exact) mass is 521 g/mol. The van der Waals surface area contributed by atoms with Crippen molar-refractivity contribution in [3.8, 4) is 0 Å². The van der Waals surface area contributed by atoms with Gasteiger partial charge in [-0.1, -0.05) is 25.8 Å². The number of fused-ring (bicyclic) bond motifs is 5. The van der Waals surface area contributed by atoms with Crippen molar-refractivity contribution < 1.29 is 43.6 Å². The first-order chi connectivity index (χ1) is 17.3. The van der Waals surface area contributed by atoms with Gasteiger partial charge in [0.25, 0.3) is 0 Å². The van der Waals surface area contributed by atoms with Crippen LogP contribution in [0, 0.1) is 28.1 Å². The summed E-state index contributed by atoms with van der Waals surface area (Å²) in [4.78, 5) is 37.6. The molecule has 2 N–H and O–H groups in total. The minimum absolute atomic E-state index is 0.0481. The van der Waals surface area contributed by atoms with E-state index in [-0.39, 0.29) is 23.7 Å². The van der Waals surface area contributed by atoms with E-state index in [1.54, 1.807) is 6.92 Å². The second-order valence-corrected chi connectivity index (χ2v) is 11.7. The quantitative estimate of drug-likeness (QED) is 0.378. The maximum atomic E-state index is 18.0. The number of carbonyl (C=O) groups excluding carboxylic acids is 2. The minimum Gasteiger partial charge on any atom is -0.481 e. The van der Waals surface area contributed by atoms with Crippen LogP contribution in [0.1, 0.15) is 79.6 Å². The second-order valence-electron chi connectivity index (χ2n) is 11.7. The van der Waals surface area contributed by atoms with Crippen LogP contribution in [-0.2, 0) is 29.0 Å². The number of alkyl halides is 1. The van der Waals surface area contributed by atoms with Crippen LogP contribution in [0.3, 0.4) is 0 Å². The summed E-state index contributed by atoms with van der Waals surface area (Å²) >= 11 is 0. The van der Waals surface area contributed by atoms with Gasteiger partial charge in [-0.3, -0.25) is 14.4 Å². The number of hydrogen-bond acceptors (Lipinski definition) is 6. The predicted molar refractivity (Wildman–Crippen MR) is 129 cm³/mol. The summed E-state index contributed by atoms with van der Waals surface area (Å²) in [6, 6.07) is 0. The largest absolute Gasteiger partial charge is 0.481 e. The molecule has 205 valence electrons.